The first-order chi connectivity index (χ1) is 11.7. The second-order valence-corrected chi connectivity index (χ2v) is 5.44. The second-order valence-electron chi connectivity index (χ2n) is 5.44. The number of hydrogen-bond donors (Lipinski definition) is 0. The van der Waals surface area contributed by atoms with Crippen LogP contribution in [0.2, 0.25) is 0 Å². The Hall–Kier alpha value is -3.12. The molecule has 3 heteroatoms. The van der Waals surface area contributed by atoms with Crippen LogP contribution in [-0.2, 0) is 0 Å². The maximum absolute atomic E-state index is 12.4. The standard InChI is InChI=1S/C21H16O3/c1-24-17-10-6-8-15(13-17)7-2-3-9-16-14-20(22)18-11-4-5-12-19(18)21(16)23/h4-6,8,10-14H,3,9H2,1H3. The average molecular weight is 316 g/mol. The number of carbonyl (C=O) groups is 2. The number of ketones is 2. The van der Waals surface area contributed by atoms with Gasteiger partial charge >= 0.3 is 0 Å². The summed E-state index contributed by atoms with van der Waals surface area (Å²) in [6.45, 7) is 0. The molecule has 0 unspecified atom stereocenters. The van der Waals surface area contributed by atoms with Gasteiger partial charge in [-0.1, -0.05) is 42.2 Å². The van der Waals surface area contributed by atoms with Crippen LogP contribution in [0.4, 0.5) is 0 Å². The van der Waals surface area contributed by atoms with Crippen molar-refractivity contribution in [3.8, 4) is 17.6 Å². The molecule has 0 radical (unpaired) electrons. The number of methoxy groups -OCH3 is 1. The molecule has 2 aromatic rings. The molecular formula is C21H16O3. The molecule has 0 saturated heterocycles. The highest BCUT2D eigenvalue weighted by Gasteiger charge is 2.24. The number of hydrogen-bond acceptors (Lipinski definition) is 3. The highest BCUT2D eigenvalue weighted by Crippen LogP contribution is 2.23. The Morgan fingerprint density at radius 3 is 2.58 bits per heavy atom. The van der Waals surface area contributed by atoms with Crippen LogP contribution in [0.1, 0.15) is 39.1 Å². The van der Waals surface area contributed by atoms with E-state index in [-0.39, 0.29) is 11.6 Å². The first kappa shape index (κ1) is 15.8. The summed E-state index contributed by atoms with van der Waals surface area (Å²) in [6, 6.07) is 14.4. The van der Waals surface area contributed by atoms with E-state index in [1.807, 2.05) is 24.3 Å². The van der Waals surface area contributed by atoms with Gasteiger partial charge in [0.1, 0.15) is 5.75 Å². The first-order valence-corrected chi connectivity index (χ1v) is 7.70. The van der Waals surface area contributed by atoms with Gasteiger partial charge < -0.3 is 4.74 Å². The van der Waals surface area contributed by atoms with Gasteiger partial charge in [0.25, 0.3) is 0 Å². The van der Waals surface area contributed by atoms with Crippen LogP contribution in [0.25, 0.3) is 0 Å². The number of Topliss-reactive ketones (excluding diaryl/α,β-unsaturated/α-hetero) is 1. The summed E-state index contributed by atoms with van der Waals surface area (Å²) in [6.07, 6.45) is 2.43. The molecular weight excluding hydrogens is 300 g/mol. The van der Waals surface area contributed by atoms with Gasteiger partial charge in [-0.3, -0.25) is 9.59 Å². The van der Waals surface area contributed by atoms with Crippen LogP contribution in [0, 0.1) is 11.8 Å². The van der Waals surface area contributed by atoms with Gasteiger partial charge in [0, 0.05) is 28.7 Å². The third-order valence-corrected chi connectivity index (χ3v) is 3.86. The zero-order valence-electron chi connectivity index (χ0n) is 13.3. The summed E-state index contributed by atoms with van der Waals surface area (Å²) in [5.41, 5.74) is 2.35. The van der Waals surface area contributed by atoms with Crippen molar-refractivity contribution < 1.29 is 14.3 Å². The van der Waals surface area contributed by atoms with Crippen molar-refractivity contribution in [3.05, 3.63) is 76.9 Å². The number of allylic oxidation sites excluding steroid dienone is 2. The number of fused-ring (bicyclic) bond motifs is 1. The van der Waals surface area contributed by atoms with Crippen molar-refractivity contribution in [2.45, 2.75) is 12.8 Å². The molecule has 1 aliphatic rings. The Morgan fingerprint density at radius 2 is 1.79 bits per heavy atom. The molecule has 24 heavy (non-hydrogen) atoms. The van der Waals surface area contributed by atoms with Crippen LogP contribution >= 0.6 is 0 Å². The Morgan fingerprint density at radius 1 is 1.00 bits per heavy atom. The quantitative estimate of drug-likeness (QED) is 0.808. The van der Waals surface area contributed by atoms with Gasteiger partial charge in [-0.05, 0) is 30.7 Å². The highest BCUT2D eigenvalue weighted by atomic mass is 16.5. The van der Waals surface area contributed by atoms with Gasteiger partial charge in [-0.2, -0.15) is 0 Å². The highest BCUT2D eigenvalue weighted by molar-refractivity contribution is 6.24. The summed E-state index contributed by atoms with van der Waals surface area (Å²) in [7, 11) is 1.61. The summed E-state index contributed by atoms with van der Waals surface area (Å²) in [4.78, 5) is 24.5. The Labute approximate surface area is 141 Å². The van der Waals surface area contributed by atoms with Gasteiger partial charge in [0.2, 0.25) is 0 Å². The van der Waals surface area contributed by atoms with Crippen molar-refractivity contribution in [1.82, 2.24) is 0 Å². The number of ether oxygens (including phenoxy) is 1. The maximum Gasteiger partial charge on any atom is 0.189 e. The smallest absolute Gasteiger partial charge is 0.189 e. The second kappa shape index (κ2) is 6.97. The van der Waals surface area contributed by atoms with E-state index < -0.39 is 0 Å². The van der Waals surface area contributed by atoms with Crippen LogP contribution in [0.3, 0.4) is 0 Å². The molecule has 0 amide bonds. The van der Waals surface area contributed by atoms with Crippen LogP contribution in [0.15, 0.2) is 60.2 Å². The van der Waals surface area contributed by atoms with E-state index in [4.69, 9.17) is 4.74 Å². The van der Waals surface area contributed by atoms with Gasteiger partial charge in [-0.25, -0.2) is 0 Å². The van der Waals surface area contributed by atoms with Crippen molar-refractivity contribution in [2.24, 2.45) is 0 Å². The lowest BCUT2D eigenvalue weighted by molar-refractivity contribution is 0.0981. The van der Waals surface area contributed by atoms with E-state index in [0.717, 1.165) is 11.3 Å². The zero-order chi connectivity index (χ0) is 16.9. The van der Waals surface area contributed by atoms with Crippen molar-refractivity contribution in [1.29, 1.82) is 0 Å². The molecule has 0 heterocycles. The van der Waals surface area contributed by atoms with E-state index in [0.29, 0.717) is 29.5 Å². The molecule has 0 N–H and O–H groups in total. The molecule has 0 bridgehead atoms. The largest absolute Gasteiger partial charge is 0.497 e. The van der Waals surface area contributed by atoms with Gasteiger partial charge in [0.15, 0.2) is 11.6 Å². The molecule has 118 valence electrons. The molecule has 3 nitrogen and oxygen atoms in total. The first-order valence-electron chi connectivity index (χ1n) is 7.70. The third-order valence-electron chi connectivity index (χ3n) is 3.86. The number of rotatable bonds is 3. The Bertz CT molecular complexity index is 895. The number of carbonyl (C=O) groups excluding carboxylic acids is 2. The summed E-state index contributed by atoms with van der Waals surface area (Å²) >= 11 is 0. The van der Waals surface area contributed by atoms with E-state index in [1.165, 1.54) is 6.08 Å². The SMILES string of the molecule is COc1cccc(C#CCCC2=CC(=O)c3ccccc3C2=O)c1. The topological polar surface area (TPSA) is 43.4 Å². The minimum atomic E-state index is -0.110. The lowest BCUT2D eigenvalue weighted by atomic mass is 9.88. The molecule has 0 aliphatic heterocycles. The summed E-state index contributed by atoms with van der Waals surface area (Å²) in [5.74, 6) is 6.67. The maximum atomic E-state index is 12.4. The van der Waals surface area contributed by atoms with Crippen LogP contribution in [0.5, 0.6) is 5.75 Å². The molecule has 3 rings (SSSR count). The predicted molar refractivity (Wildman–Crippen MR) is 92.3 cm³/mol. The van der Waals surface area contributed by atoms with Crippen LogP contribution in [-0.4, -0.2) is 18.7 Å². The number of benzene rings is 2. The normalized spacial score (nSPS) is 12.8. The lowest BCUT2D eigenvalue weighted by Gasteiger charge is -2.13. The fraction of sp³-hybridized carbons (Fsp3) is 0.143. The lowest BCUT2D eigenvalue weighted by Crippen LogP contribution is -2.16. The van der Waals surface area contributed by atoms with Gasteiger partial charge in [-0.15, -0.1) is 0 Å². The monoisotopic (exact) mass is 316 g/mol. The summed E-state index contributed by atoms with van der Waals surface area (Å²) in [5, 5.41) is 0. The average Bonchev–Trinajstić information content (AvgIpc) is 2.63. The van der Waals surface area contributed by atoms with Crippen molar-refractivity contribution >= 4 is 11.6 Å². The third kappa shape index (κ3) is 3.28. The van der Waals surface area contributed by atoms with E-state index in [9.17, 15) is 9.59 Å². The fourth-order valence-corrected chi connectivity index (χ4v) is 2.62. The fourth-order valence-electron chi connectivity index (χ4n) is 2.62. The molecule has 0 fully saturated rings. The molecule has 0 aromatic heterocycles. The zero-order valence-corrected chi connectivity index (χ0v) is 13.3. The van der Waals surface area contributed by atoms with Crippen molar-refractivity contribution in [2.75, 3.05) is 7.11 Å². The minimum Gasteiger partial charge on any atom is -0.497 e. The summed E-state index contributed by atoms with van der Waals surface area (Å²) < 4.78 is 5.16. The molecule has 0 saturated carbocycles. The van der Waals surface area contributed by atoms with Gasteiger partial charge in [0.05, 0.1) is 7.11 Å². The molecule has 0 spiro atoms. The minimum absolute atomic E-state index is 0.0756. The van der Waals surface area contributed by atoms with E-state index in [1.54, 1.807) is 31.4 Å². The van der Waals surface area contributed by atoms with E-state index >= 15 is 0 Å². The Kier molecular flexibility index (Phi) is 4.58. The van der Waals surface area contributed by atoms with E-state index in [2.05, 4.69) is 11.8 Å². The molecule has 0 atom stereocenters. The Balaban J connectivity index is 1.69. The predicted octanol–water partition coefficient (Wildman–Crippen LogP) is 3.83. The van der Waals surface area contributed by atoms with Crippen molar-refractivity contribution in [3.63, 3.8) is 0 Å². The van der Waals surface area contributed by atoms with Crippen LogP contribution < -0.4 is 4.74 Å². The molecule has 1 aliphatic carbocycles. The molecule has 2 aromatic carbocycles.